The van der Waals surface area contributed by atoms with Crippen molar-refractivity contribution in [1.82, 2.24) is 0 Å². The maximum Gasteiger partial charge on any atom is 0.183 e. The summed E-state index contributed by atoms with van der Waals surface area (Å²) in [6.07, 6.45) is 3.59. The average Bonchev–Trinajstić information content (AvgIpc) is 2.89. The zero-order chi connectivity index (χ0) is 41.3. The molecule has 1 heterocycles. The second kappa shape index (κ2) is 15.1. The number of rotatable bonds is 8. The number of benzene rings is 2. The molecule has 0 amide bonds. The van der Waals surface area contributed by atoms with Crippen LogP contribution >= 0.6 is 15.1 Å². The van der Waals surface area contributed by atoms with E-state index in [-0.39, 0.29) is 37.6 Å². The van der Waals surface area contributed by atoms with Crippen molar-refractivity contribution in [2.75, 3.05) is 12.8 Å². The Labute approximate surface area is 333 Å². The van der Waals surface area contributed by atoms with Gasteiger partial charge >= 0.3 is 0 Å². The first-order valence-corrected chi connectivity index (χ1v) is 27.0. The second-order valence-corrected chi connectivity index (χ2v) is 34.7. The normalized spacial score (nSPS) is 17.8. The summed E-state index contributed by atoms with van der Waals surface area (Å²) in [5.74, 6) is 0. The van der Waals surface area contributed by atoms with E-state index in [0.717, 1.165) is 13.0 Å². The van der Waals surface area contributed by atoms with Gasteiger partial charge in [-0.25, -0.2) is 0 Å². The van der Waals surface area contributed by atoms with Crippen LogP contribution in [0.4, 0.5) is 0 Å². The molecule has 300 valence electrons. The monoisotopic (exact) mass is 779 g/mol. The van der Waals surface area contributed by atoms with E-state index >= 15 is 0 Å². The Morgan fingerprint density at radius 1 is 0.453 bits per heavy atom. The summed E-state index contributed by atoms with van der Waals surface area (Å²) in [5, 5.41) is 3.79. The SMILES string of the molecule is CC(C)(C)c1cc(C(C)(C)C)c(C2=P(CCCCO[Si](C)(C)C)=C(c3c(C(C)(C)C)cc(C(C)(C)C)cc3C(C)(C)C)P2C(C)(C)C)c(C(C)(C)C)c1. The van der Waals surface area contributed by atoms with Gasteiger partial charge in [-0.2, -0.15) is 0 Å². The topological polar surface area (TPSA) is 9.23 Å². The second-order valence-electron chi connectivity index (χ2n) is 24.4. The van der Waals surface area contributed by atoms with Crippen molar-refractivity contribution in [3.63, 3.8) is 0 Å². The minimum Gasteiger partial charge on any atom is -0.418 e. The van der Waals surface area contributed by atoms with Gasteiger partial charge < -0.3 is 4.43 Å². The molecule has 0 saturated carbocycles. The lowest BCUT2D eigenvalue weighted by atomic mass is 9.72. The first-order valence-electron chi connectivity index (χ1n) is 20.7. The Morgan fingerprint density at radius 2 is 0.755 bits per heavy atom. The van der Waals surface area contributed by atoms with Gasteiger partial charge in [0.1, 0.15) is 0 Å². The van der Waals surface area contributed by atoms with Crippen LogP contribution in [0.3, 0.4) is 0 Å². The maximum absolute atomic E-state index is 6.44. The van der Waals surface area contributed by atoms with Crippen molar-refractivity contribution in [2.45, 2.75) is 216 Å². The molecule has 1 aliphatic heterocycles. The minimum absolute atomic E-state index is 0.0198. The van der Waals surface area contributed by atoms with Crippen LogP contribution in [0.2, 0.25) is 19.6 Å². The van der Waals surface area contributed by atoms with Crippen LogP contribution in [0.5, 0.6) is 0 Å². The van der Waals surface area contributed by atoms with Crippen molar-refractivity contribution < 1.29 is 4.43 Å². The van der Waals surface area contributed by atoms with Gasteiger partial charge in [-0.15, -0.1) is 7.17 Å². The third-order valence-electron chi connectivity index (χ3n) is 10.6. The van der Waals surface area contributed by atoms with Gasteiger partial charge in [0.15, 0.2) is 8.32 Å². The van der Waals surface area contributed by atoms with Crippen molar-refractivity contribution in [3.8, 4) is 0 Å². The first kappa shape index (κ1) is 46.5. The van der Waals surface area contributed by atoms with Gasteiger partial charge in [0, 0.05) is 16.7 Å². The molecule has 2 aromatic rings. The molecule has 0 N–H and O–H groups in total. The zero-order valence-electron chi connectivity index (χ0n) is 39.4. The van der Waals surface area contributed by atoms with Gasteiger partial charge in [0.05, 0.1) is 0 Å². The molecule has 4 heteroatoms. The van der Waals surface area contributed by atoms with E-state index in [0.29, 0.717) is 0 Å². The number of hydrogen-bond donors (Lipinski definition) is 0. The molecule has 2 aromatic carbocycles. The van der Waals surface area contributed by atoms with Crippen LogP contribution in [0.15, 0.2) is 24.3 Å². The molecule has 0 aliphatic carbocycles. The third kappa shape index (κ3) is 10.9. The number of hydrogen-bond acceptors (Lipinski definition) is 1. The third-order valence-corrected chi connectivity index (χ3v) is 19.2. The molecule has 0 bridgehead atoms. The van der Waals surface area contributed by atoms with Crippen LogP contribution in [0.25, 0.3) is 0 Å². The summed E-state index contributed by atoms with van der Waals surface area (Å²) in [6, 6.07) is 10.5. The van der Waals surface area contributed by atoms with Gasteiger partial charge in [-0.3, -0.25) is 0 Å². The molecular formula is C49H84OP2Si. The number of unbranched alkanes of at least 4 members (excludes halogenated alkanes) is 1. The average molecular weight is 779 g/mol. The van der Waals surface area contributed by atoms with Crippen molar-refractivity contribution in [1.29, 1.82) is 0 Å². The minimum atomic E-state index is -1.55. The Bertz CT molecular complexity index is 1560. The van der Waals surface area contributed by atoms with Crippen molar-refractivity contribution in [3.05, 3.63) is 68.8 Å². The van der Waals surface area contributed by atoms with Crippen LogP contribution in [0.1, 0.15) is 203 Å². The summed E-state index contributed by atoms with van der Waals surface area (Å²) in [7, 11) is -2.68. The Morgan fingerprint density at radius 3 is 0.981 bits per heavy atom. The largest absolute Gasteiger partial charge is 0.418 e. The molecule has 53 heavy (non-hydrogen) atoms. The lowest BCUT2D eigenvalue weighted by Crippen LogP contribution is -2.35. The lowest BCUT2D eigenvalue weighted by molar-refractivity contribution is 0.303. The van der Waals surface area contributed by atoms with Crippen molar-refractivity contribution in [2.24, 2.45) is 0 Å². The molecule has 0 unspecified atom stereocenters. The molecule has 0 aromatic heterocycles. The predicted molar refractivity (Wildman–Crippen MR) is 250 cm³/mol. The van der Waals surface area contributed by atoms with Gasteiger partial charge in [0.25, 0.3) is 0 Å². The predicted octanol–water partition coefficient (Wildman–Crippen LogP) is 15.5. The molecule has 0 saturated heterocycles. The van der Waals surface area contributed by atoms with E-state index in [1.807, 2.05) is 10.1 Å². The molecular weight excluding hydrogens is 695 g/mol. The van der Waals surface area contributed by atoms with E-state index < -0.39 is 23.4 Å². The molecule has 0 spiro atoms. The van der Waals surface area contributed by atoms with Gasteiger partial charge in [-0.1, -0.05) is 170 Å². The highest BCUT2D eigenvalue weighted by Crippen LogP contribution is 2.69. The summed E-state index contributed by atoms with van der Waals surface area (Å²) in [4.78, 5) is 0. The molecule has 3 rings (SSSR count). The maximum atomic E-state index is 6.44. The summed E-state index contributed by atoms with van der Waals surface area (Å²) < 4.78 is 6.44. The highest BCUT2D eigenvalue weighted by Gasteiger charge is 2.46. The Kier molecular flexibility index (Phi) is 13.3. The quantitative estimate of drug-likeness (QED) is 0.147. The fraction of sp³-hybridized carbons (Fsp3) is 0.714. The molecule has 1 aliphatic rings. The highest BCUT2D eigenvalue weighted by atomic mass is 31.2. The van der Waals surface area contributed by atoms with E-state index in [1.165, 1.54) is 23.7 Å². The van der Waals surface area contributed by atoms with E-state index in [1.54, 1.807) is 33.4 Å². The fourth-order valence-electron chi connectivity index (χ4n) is 7.49. The highest BCUT2D eigenvalue weighted by molar-refractivity contribution is 8.15. The van der Waals surface area contributed by atoms with Gasteiger partial charge in [0.2, 0.25) is 0 Å². The molecule has 0 fully saturated rings. The zero-order valence-corrected chi connectivity index (χ0v) is 42.2. The molecule has 1 nitrogen and oxygen atoms in total. The van der Waals surface area contributed by atoms with E-state index in [4.69, 9.17) is 4.43 Å². The fourth-order valence-corrected chi connectivity index (χ4v) is 17.7. The summed E-state index contributed by atoms with van der Waals surface area (Å²) in [6.45, 7) is 59.4. The summed E-state index contributed by atoms with van der Waals surface area (Å²) in [5.41, 5.74) is 12.7. The van der Waals surface area contributed by atoms with Crippen molar-refractivity contribution >= 4 is 33.5 Å². The van der Waals surface area contributed by atoms with Crippen LogP contribution in [-0.4, -0.2) is 36.3 Å². The Hall–Kier alpha value is -0.913. The molecule has 0 radical (unpaired) electrons. The first-order chi connectivity index (χ1) is 23.4. The lowest BCUT2D eigenvalue weighted by Gasteiger charge is -2.48. The van der Waals surface area contributed by atoms with E-state index in [2.05, 4.69) is 189 Å². The van der Waals surface area contributed by atoms with E-state index in [9.17, 15) is 0 Å². The van der Waals surface area contributed by atoms with Gasteiger partial charge in [-0.05, 0) is 129 Å². The van der Waals surface area contributed by atoms with Crippen LogP contribution < -0.4 is 0 Å². The van der Waals surface area contributed by atoms with Crippen LogP contribution in [0, 0.1) is 0 Å². The standard InChI is InChI=1S/C49H84OP2Si/c1-43(2,3)33-29-35(45(7,8)9)39(36(30-33)46(10,11)12)41-51(28-26-25-27-50-53(22,23)24)42(52(41)49(19,20)21)40-37(47(13,14)15)31-34(44(4,5)6)32-38(40)48(16,17)18/h29-32H,25-28H2,1-24H3. The molecule has 0 atom stereocenters. The Balaban J connectivity index is 2.76. The smallest absolute Gasteiger partial charge is 0.183 e. The van der Waals surface area contributed by atoms with Crippen LogP contribution in [-0.2, 0) is 36.9 Å². The summed E-state index contributed by atoms with van der Waals surface area (Å²) >= 11 is 0.